The van der Waals surface area contributed by atoms with Gasteiger partial charge in [-0.05, 0) is 55.8 Å². The second-order valence-electron chi connectivity index (χ2n) is 5.77. The van der Waals surface area contributed by atoms with E-state index in [0.29, 0.717) is 6.10 Å². The molecule has 1 aromatic rings. The molecule has 3 heteroatoms. The summed E-state index contributed by atoms with van der Waals surface area (Å²) < 4.78 is 11.6. The Morgan fingerprint density at radius 3 is 2.55 bits per heavy atom. The van der Waals surface area contributed by atoms with Crippen LogP contribution in [0.15, 0.2) is 18.2 Å². The van der Waals surface area contributed by atoms with Crippen molar-refractivity contribution in [2.45, 2.75) is 52.2 Å². The summed E-state index contributed by atoms with van der Waals surface area (Å²) in [5, 5.41) is 3.34. The van der Waals surface area contributed by atoms with Gasteiger partial charge in [-0.3, -0.25) is 0 Å². The number of rotatable bonds is 6. The van der Waals surface area contributed by atoms with Crippen molar-refractivity contribution in [1.29, 1.82) is 0 Å². The molecule has 0 spiro atoms. The normalized spacial score (nSPS) is 22.6. The molecular formula is C17H27NO2. The average Bonchev–Trinajstić information content (AvgIpc) is 2.48. The van der Waals surface area contributed by atoms with Gasteiger partial charge in [0.15, 0.2) is 11.5 Å². The van der Waals surface area contributed by atoms with Gasteiger partial charge in [0, 0.05) is 6.54 Å². The van der Waals surface area contributed by atoms with Crippen LogP contribution in [0.2, 0.25) is 0 Å². The summed E-state index contributed by atoms with van der Waals surface area (Å²) in [4.78, 5) is 0. The molecule has 0 amide bonds. The van der Waals surface area contributed by atoms with Crippen molar-refractivity contribution in [1.82, 2.24) is 5.32 Å². The SMILES string of the molecule is CCNCc1ccc(OC)c(OC2CCC(C)CC2)c1. The molecular weight excluding hydrogens is 250 g/mol. The first kappa shape index (κ1) is 15.2. The highest BCUT2D eigenvalue weighted by atomic mass is 16.5. The van der Waals surface area contributed by atoms with Crippen molar-refractivity contribution in [2.75, 3.05) is 13.7 Å². The van der Waals surface area contributed by atoms with E-state index >= 15 is 0 Å². The van der Waals surface area contributed by atoms with E-state index in [2.05, 4.69) is 31.3 Å². The van der Waals surface area contributed by atoms with E-state index in [0.717, 1.165) is 43.3 Å². The summed E-state index contributed by atoms with van der Waals surface area (Å²) >= 11 is 0. The van der Waals surface area contributed by atoms with Crippen LogP contribution in [0, 0.1) is 5.92 Å². The Kier molecular flexibility index (Phi) is 5.72. The minimum absolute atomic E-state index is 0.342. The van der Waals surface area contributed by atoms with Crippen LogP contribution in [0.1, 0.15) is 45.1 Å². The third-order valence-electron chi connectivity index (χ3n) is 4.06. The van der Waals surface area contributed by atoms with Gasteiger partial charge in [0.05, 0.1) is 13.2 Å². The van der Waals surface area contributed by atoms with Gasteiger partial charge in [-0.1, -0.05) is 19.9 Å². The first-order valence-electron chi connectivity index (χ1n) is 7.77. The van der Waals surface area contributed by atoms with Crippen LogP contribution in [0.4, 0.5) is 0 Å². The van der Waals surface area contributed by atoms with Crippen LogP contribution in [-0.2, 0) is 6.54 Å². The van der Waals surface area contributed by atoms with E-state index in [1.54, 1.807) is 7.11 Å². The Hall–Kier alpha value is -1.22. The lowest BCUT2D eigenvalue weighted by Gasteiger charge is -2.27. The van der Waals surface area contributed by atoms with Gasteiger partial charge in [-0.25, -0.2) is 0 Å². The number of nitrogens with one attached hydrogen (secondary N) is 1. The Morgan fingerprint density at radius 2 is 1.90 bits per heavy atom. The van der Waals surface area contributed by atoms with E-state index in [9.17, 15) is 0 Å². The Morgan fingerprint density at radius 1 is 1.15 bits per heavy atom. The van der Waals surface area contributed by atoms with Crippen molar-refractivity contribution in [3.05, 3.63) is 23.8 Å². The summed E-state index contributed by atoms with van der Waals surface area (Å²) in [7, 11) is 1.70. The molecule has 0 aromatic heterocycles. The molecule has 1 aliphatic rings. The van der Waals surface area contributed by atoms with Crippen LogP contribution >= 0.6 is 0 Å². The lowest BCUT2D eigenvalue weighted by molar-refractivity contribution is 0.131. The van der Waals surface area contributed by atoms with Gasteiger partial charge >= 0.3 is 0 Å². The summed E-state index contributed by atoms with van der Waals surface area (Å²) in [6.45, 7) is 6.29. The predicted octanol–water partition coefficient (Wildman–Crippen LogP) is 3.76. The van der Waals surface area contributed by atoms with Gasteiger partial charge in [0.1, 0.15) is 0 Å². The second-order valence-corrected chi connectivity index (χ2v) is 5.77. The lowest BCUT2D eigenvalue weighted by Crippen LogP contribution is -2.23. The summed E-state index contributed by atoms with van der Waals surface area (Å²) in [5.74, 6) is 2.57. The molecule has 1 N–H and O–H groups in total. The molecule has 1 aromatic carbocycles. The zero-order valence-corrected chi connectivity index (χ0v) is 12.9. The van der Waals surface area contributed by atoms with Gasteiger partial charge in [0.2, 0.25) is 0 Å². The molecule has 0 bridgehead atoms. The zero-order valence-electron chi connectivity index (χ0n) is 12.9. The van der Waals surface area contributed by atoms with Gasteiger partial charge < -0.3 is 14.8 Å². The standard InChI is InChI=1S/C17H27NO2/c1-4-18-12-14-7-10-16(19-3)17(11-14)20-15-8-5-13(2)6-9-15/h7,10-11,13,15,18H,4-6,8-9,12H2,1-3H3. The number of methoxy groups -OCH3 is 1. The predicted molar refractivity (Wildman–Crippen MR) is 82.4 cm³/mol. The fourth-order valence-electron chi connectivity index (χ4n) is 2.72. The molecule has 1 saturated carbocycles. The first-order valence-corrected chi connectivity index (χ1v) is 7.77. The highest BCUT2D eigenvalue weighted by Gasteiger charge is 2.20. The molecule has 3 nitrogen and oxygen atoms in total. The van der Waals surface area contributed by atoms with Crippen LogP contribution in [0.3, 0.4) is 0 Å². The van der Waals surface area contributed by atoms with E-state index in [1.807, 2.05) is 6.07 Å². The second kappa shape index (κ2) is 7.53. The third-order valence-corrected chi connectivity index (χ3v) is 4.06. The van der Waals surface area contributed by atoms with Crippen molar-refractivity contribution in [2.24, 2.45) is 5.92 Å². The summed E-state index contributed by atoms with van der Waals surface area (Å²) in [5.41, 5.74) is 1.24. The maximum Gasteiger partial charge on any atom is 0.161 e. The largest absolute Gasteiger partial charge is 0.493 e. The van der Waals surface area contributed by atoms with E-state index in [4.69, 9.17) is 9.47 Å². The molecule has 0 saturated heterocycles. The van der Waals surface area contributed by atoms with E-state index in [-0.39, 0.29) is 0 Å². The molecule has 0 radical (unpaired) electrons. The monoisotopic (exact) mass is 277 g/mol. The summed E-state index contributed by atoms with van der Waals surface area (Å²) in [6.07, 6.45) is 5.19. The summed E-state index contributed by atoms with van der Waals surface area (Å²) in [6, 6.07) is 6.21. The fraction of sp³-hybridized carbons (Fsp3) is 0.647. The minimum atomic E-state index is 0.342. The number of ether oxygens (including phenoxy) is 2. The lowest BCUT2D eigenvalue weighted by atomic mass is 9.89. The highest BCUT2D eigenvalue weighted by molar-refractivity contribution is 5.43. The Labute approximate surface area is 122 Å². The molecule has 112 valence electrons. The molecule has 1 fully saturated rings. The quantitative estimate of drug-likeness (QED) is 0.858. The molecule has 2 rings (SSSR count). The number of benzene rings is 1. The first-order chi connectivity index (χ1) is 9.72. The van der Waals surface area contributed by atoms with Gasteiger partial charge in [0.25, 0.3) is 0 Å². The maximum absolute atomic E-state index is 6.19. The van der Waals surface area contributed by atoms with Crippen LogP contribution < -0.4 is 14.8 Å². The van der Waals surface area contributed by atoms with Crippen molar-refractivity contribution in [3.8, 4) is 11.5 Å². The molecule has 0 heterocycles. The van der Waals surface area contributed by atoms with Gasteiger partial charge in [-0.2, -0.15) is 0 Å². The zero-order chi connectivity index (χ0) is 14.4. The number of hydrogen-bond acceptors (Lipinski definition) is 3. The minimum Gasteiger partial charge on any atom is -0.493 e. The van der Waals surface area contributed by atoms with Crippen LogP contribution in [-0.4, -0.2) is 19.8 Å². The van der Waals surface area contributed by atoms with Gasteiger partial charge in [-0.15, -0.1) is 0 Å². The fourth-order valence-corrected chi connectivity index (χ4v) is 2.72. The Balaban J connectivity index is 2.03. The third kappa shape index (κ3) is 4.14. The molecule has 0 unspecified atom stereocenters. The van der Waals surface area contributed by atoms with Crippen molar-refractivity contribution >= 4 is 0 Å². The number of hydrogen-bond donors (Lipinski definition) is 1. The molecule has 1 aliphatic carbocycles. The average molecular weight is 277 g/mol. The highest BCUT2D eigenvalue weighted by Crippen LogP contribution is 2.33. The maximum atomic E-state index is 6.19. The molecule has 20 heavy (non-hydrogen) atoms. The van der Waals surface area contributed by atoms with Crippen LogP contribution in [0.5, 0.6) is 11.5 Å². The van der Waals surface area contributed by atoms with E-state index in [1.165, 1.54) is 18.4 Å². The van der Waals surface area contributed by atoms with Crippen molar-refractivity contribution < 1.29 is 9.47 Å². The van der Waals surface area contributed by atoms with Crippen molar-refractivity contribution in [3.63, 3.8) is 0 Å². The van der Waals surface area contributed by atoms with E-state index < -0.39 is 0 Å². The Bertz CT molecular complexity index is 411. The topological polar surface area (TPSA) is 30.5 Å². The molecule has 0 aliphatic heterocycles. The van der Waals surface area contributed by atoms with Crippen LogP contribution in [0.25, 0.3) is 0 Å². The smallest absolute Gasteiger partial charge is 0.161 e. The molecule has 0 atom stereocenters.